The molecule has 9 heteroatoms. The van der Waals surface area contributed by atoms with Gasteiger partial charge in [0.1, 0.15) is 24.4 Å². The van der Waals surface area contributed by atoms with Crippen LogP contribution in [0.3, 0.4) is 0 Å². The Morgan fingerprint density at radius 1 is 1.11 bits per heavy atom. The minimum atomic E-state index is -1.61. The van der Waals surface area contributed by atoms with Crippen molar-refractivity contribution >= 4 is 11.9 Å². The lowest BCUT2D eigenvalue weighted by atomic mass is 9.97. The van der Waals surface area contributed by atoms with Crippen LogP contribution >= 0.6 is 0 Å². The van der Waals surface area contributed by atoms with Crippen LogP contribution in [-0.4, -0.2) is 74.7 Å². The molecule has 0 aromatic rings. The molecule has 1 saturated heterocycles. The molecule has 0 bridgehead atoms. The Balaban J connectivity index is 2.57. The van der Waals surface area contributed by atoms with Crippen LogP contribution in [0.4, 0.5) is 0 Å². The summed E-state index contributed by atoms with van der Waals surface area (Å²) < 4.78 is 4.82. The number of hydrogen-bond donors (Lipinski definition) is 6. The van der Waals surface area contributed by atoms with E-state index in [0.717, 1.165) is 0 Å². The smallest absolute Gasteiger partial charge is 0.303 e. The zero-order chi connectivity index (χ0) is 14.6. The van der Waals surface area contributed by atoms with Gasteiger partial charge in [-0.15, -0.1) is 0 Å². The Morgan fingerprint density at radius 3 is 2.26 bits per heavy atom. The SMILES string of the molecule is O=C(O)CCC(=O)N[C@@H]1C(O)O[C@@H](CO)[C@@H](O)[C@H]1O. The number of amides is 1. The van der Waals surface area contributed by atoms with Crippen molar-refractivity contribution in [3.8, 4) is 0 Å². The predicted octanol–water partition coefficient (Wildman–Crippen LogP) is -3.23. The van der Waals surface area contributed by atoms with Crippen LogP contribution in [0.1, 0.15) is 12.8 Å². The number of carbonyl (C=O) groups is 2. The molecule has 1 amide bonds. The molecule has 1 fully saturated rings. The van der Waals surface area contributed by atoms with Crippen LogP contribution in [0, 0.1) is 0 Å². The van der Waals surface area contributed by atoms with E-state index in [4.69, 9.17) is 14.9 Å². The normalized spacial score (nSPS) is 34.8. The average Bonchev–Trinajstić information content (AvgIpc) is 2.36. The molecule has 6 N–H and O–H groups in total. The van der Waals surface area contributed by atoms with Gasteiger partial charge in [0.2, 0.25) is 5.91 Å². The third-order valence-electron chi connectivity index (χ3n) is 2.79. The Kier molecular flexibility index (Phi) is 5.63. The summed E-state index contributed by atoms with van der Waals surface area (Å²) in [6, 6.07) is -1.29. The number of carboxylic acid groups (broad SMARTS) is 1. The standard InChI is InChI=1S/C10H17NO8/c12-3-4-8(16)9(17)7(10(18)19-4)11-5(13)1-2-6(14)15/h4,7-10,12,16-18H,1-3H2,(H,11,13)(H,14,15)/t4-,7-,8+,9-,10?/m0/s1. The fourth-order valence-electron chi connectivity index (χ4n) is 1.73. The largest absolute Gasteiger partial charge is 0.481 e. The van der Waals surface area contributed by atoms with Gasteiger partial charge in [-0.25, -0.2) is 0 Å². The Bertz CT molecular complexity index is 335. The van der Waals surface area contributed by atoms with Gasteiger partial charge < -0.3 is 35.6 Å². The lowest BCUT2D eigenvalue weighted by Crippen LogP contribution is -2.64. The van der Waals surface area contributed by atoms with Crippen molar-refractivity contribution in [1.29, 1.82) is 0 Å². The average molecular weight is 279 g/mol. The Morgan fingerprint density at radius 2 is 1.74 bits per heavy atom. The van der Waals surface area contributed by atoms with Crippen LogP contribution in [0.5, 0.6) is 0 Å². The first-order valence-electron chi connectivity index (χ1n) is 5.68. The van der Waals surface area contributed by atoms with Gasteiger partial charge in [0.05, 0.1) is 13.0 Å². The van der Waals surface area contributed by atoms with Crippen molar-refractivity contribution in [3.05, 3.63) is 0 Å². The molecule has 1 rings (SSSR count). The number of rotatable bonds is 5. The molecule has 1 heterocycles. The van der Waals surface area contributed by atoms with Crippen molar-refractivity contribution in [2.24, 2.45) is 0 Å². The second-order valence-corrected chi connectivity index (χ2v) is 4.22. The van der Waals surface area contributed by atoms with E-state index in [9.17, 15) is 24.9 Å². The highest BCUT2D eigenvalue weighted by Gasteiger charge is 2.44. The molecule has 0 aromatic heterocycles. The van der Waals surface area contributed by atoms with E-state index in [1.165, 1.54) is 0 Å². The van der Waals surface area contributed by atoms with E-state index in [0.29, 0.717) is 0 Å². The summed E-state index contributed by atoms with van der Waals surface area (Å²) >= 11 is 0. The molecule has 1 unspecified atom stereocenters. The van der Waals surface area contributed by atoms with E-state index in [-0.39, 0.29) is 6.42 Å². The van der Waals surface area contributed by atoms with Gasteiger partial charge in [-0.05, 0) is 0 Å². The molecule has 0 aliphatic carbocycles. The van der Waals surface area contributed by atoms with E-state index in [1.807, 2.05) is 0 Å². The number of carboxylic acids is 1. The number of hydrogen-bond acceptors (Lipinski definition) is 7. The molecule has 110 valence electrons. The summed E-state index contributed by atoms with van der Waals surface area (Å²) in [6.45, 7) is -0.602. The molecule has 1 aliphatic heterocycles. The highest BCUT2D eigenvalue weighted by Crippen LogP contribution is 2.19. The molecule has 1 aliphatic rings. The van der Waals surface area contributed by atoms with Crippen LogP contribution in [0.25, 0.3) is 0 Å². The summed E-state index contributed by atoms with van der Waals surface area (Å²) in [6.07, 6.45) is -6.49. The summed E-state index contributed by atoms with van der Waals surface area (Å²) in [5.74, 6) is -1.86. The van der Waals surface area contributed by atoms with Crippen molar-refractivity contribution in [3.63, 3.8) is 0 Å². The minimum absolute atomic E-state index is 0.329. The lowest BCUT2D eigenvalue weighted by molar-refractivity contribution is -0.253. The second kappa shape index (κ2) is 6.78. The Labute approximate surface area is 108 Å². The number of aliphatic hydroxyl groups is 4. The molecular weight excluding hydrogens is 262 g/mol. The topological polar surface area (TPSA) is 157 Å². The monoisotopic (exact) mass is 279 g/mol. The van der Waals surface area contributed by atoms with Crippen molar-refractivity contribution in [2.45, 2.75) is 43.5 Å². The predicted molar refractivity (Wildman–Crippen MR) is 58.8 cm³/mol. The number of carbonyl (C=O) groups excluding carboxylic acids is 1. The number of aliphatic hydroxyl groups excluding tert-OH is 4. The molecule has 0 saturated carbocycles. The molecule has 0 aromatic carbocycles. The van der Waals surface area contributed by atoms with E-state index < -0.39 is 55.5 Å². The number of aliphatic carboxylic acids is 1. The van der Waals surface area contributed by atoms with Gasteiger partial charge in [0.25, 0.3) is 0 Å². The second-order valence-electron chi connectivity index (χ2n) is 4.22. The summed E-state index contributed by atoms with van der Waals surface area (Å²) in [4.78, 5) is 21.7. The first kappa shape index (κ1) is 15.8. The zero-order valence-electron chi connectivity index (χ0n) is 9.97. The minimum Gasteiger partial charge on any atom is -0.481 e. The first-order valence-corrected chi connectivity index (χ1v) is 5.68. The van der Waals surface area contributed by atoms with E-state index in [2.05, 4.69) is 5.32 Å². The maximum atomic E-state index is 11.4. The molecule has 0 radical (unpaired) electrons. The number of ether oxygens (including phenoxy) is 1. The lowest BCUT2D eigenvalue weighted by Gasteiger charge is -2.40. The van der Waals surface area contributed by atoms with Gasteiger partial charge in [-0.1, -0.05) is 0 Å². The van der Waals surface area contributed by atoms with Gasteiger partial charge in [-0.3, -0.25) is 9.59 Å². The summed E-state index contributed by atoms with van der Waals surface area (Å²) in [5, 5.41) is 48.3. The van der Waals surface area contributed by atoms with Gasteiger partial charge >= 0.3 is 5.97 Å². The van der Waals surface area contributed by atoms with Gasteiger partial charge in [-0.2, -0.15) is 0 Å². The Hall–Kier alpha value is -1.26. The summed E-state index contributed by atoms with van der Waals surface area (Å²) in [7, 11) is 0. The maximum absolute atomic E-state index is 11.4. The zero-order valence-corrected chi connectivity index (χ0v) is 9.97. The first-order chi connectivity index (χ1) is 8.86. The molecular formula is C10H17NO8. The van der Waals surface area contributed by atoms with Crippen molar-refractivity contribution in [1.82, 2.24) is 5.32 Å². The molecule has 0 spiro atoms. The van der Waals surface area contributed by atoms with Gasteiger partial charge in [0.15, 0.2) is 6.29 Å². The third-order valence-corrected chi connectivity index (χ3v) is 2.79. The van der Waals surface area contributed by atoms with Gasteiger partial charge in [0, 0.05) is 6.42 Å². The van der Waals surface area contributed by atoms with E-state index in [1.54, 1.807) is 0 Å². The highest BCUT2D eigenvalue weighted by atomic mass is 16.6. The molecule has 19 heavy (non-hydrogen) atoms. The van der Waals surface area contributed by atoms with Crippen LogP contribution in [0.15, 0.2) is 0 Å². The van der Waals surface area contributed by atoms with Crippen LogP contribution in [-0.2, 0) is 14.3 Å². The highest BCUT2D eigenvalue weighted by molar-refractivity contribution is 5.80. The fraction of sp³-hybridized carbons (Fsp3) is 0.800. The quantitative estimate of drug-likeness (QED) is 0.306. The van der Waals surface area contributed by atoms with Crippen LogP contribution < -0.4 is 5.32 Å². The fourth-order valence-corrected chi connectivity index (χ4v) is 1.73. The van der Waals surface area contributed by atoms with Crippen molar-refractivity contribution < 1.29 is 39.9 Å². The molecule has 9 nitrogen and oxygen atoms in total. The molecule has 5 atom stereocenters. The van der Waals surface area contributed by atoms with E-state index >= 15 is 0 Å². The maximum Gasteiger partial charge on any atom is 0.303 e. The van der Waals surface area contributed by atoms with Crippen LogP contribution in [0.2, 0.25) is 0 Å². The number of nitrogens with one attached hydrogen (secondary N) is 1. The third kappa shape index (κ3) is 4.11. The summed E-state index contributed by atoms with van der Waals surface area (Å²) in [5.41, 5.74) is 0. The van der Waals surface area contributed by atoms with Crippen molar-refractivity contribution in [2.75, 3.05) is 6.61 Å².